The first-order valence-electron chi connectivity index (χ1n) is 0.732. The molecule has 0 saturated heterocycles. The summed E-state index contributed by atoms with van der Waals surface area (Å²) < 4.78 is 0.111. The molecule has 0 radical (unpaired) electrons. The lowest BCUT2D eigenvalue weighted by Gasteiger charge is -1.57. The van der Waals surface area contributed by atoms with E-state index in [4.69, 9.17) is 23.2 Å². The Morgan fingerprint density at radius 2 is 1.40 bits per heavy atom. The Labute approximate surface area is 47.2 Å². The molecule has 0 spiro atoms. The second-order valence-corrected chi connectivity index (χ2v) is 1.44. The van der Waals surface area contributed by atoms with Gasteiger partial charge in [0, 0.05) is 0 Å². The van der Waals surface area contributed by atoms with Crippen LogP contribution in [0.3, 0.4) is 0 Å². The largest absolute Gasteiger partial charge is 0.147 e. The van der Waals surface area contributed by atoms with Crippen LogP contribution in [-0.2, 0) is 0 Å². The molecule has 0 aromatic rings. The van der Waals surface area contributed by atoms with E-state index in [1.807, 2.05) is 0 Å². The lowest BCUT2D eigenvalue weighted by atomic mass is 11.3. The van der Waals surface area contributed by atoms with Gasteiger partial charge in [0.05, 0.1) is 4.49 Å². The van der Waals surface area contributed by atoms with Crippen LogP contribution in [0.15, 0.2) is 11.1 Å². The van der Waals surface area contributed by atoms with E-state index in [2.05, 4.69) is 6.58 Å². The smallest absolute Gasteiger partial charge is 0.0992 e. The normalized spacial score (nSPS) is 5.20. The van der Waals surface area contributed by atoms with Gasteiger partial charge in [0.15, 0.2) is 0 Å². The molecule has 5 heavy (non-hydrogen) atoms. The summed E-state index contributed by atoms with van der Waals surface area (Å²) in [6, 6.07) is 0. The topological polar surface area (TPSA) is 0 Å². The average molecular weight is 133 g/mol. The van der Waals surface area contributed by atoms with E-state index in [0.29, 0.717) is 0 Å². The maximum Gasteiger partial charge on any atom is 0.0992 e. The minimum absolute atomic E-state index is 0. The van der Waals surface area contributed by atoms with Crippen LogP contribution in [0.25, 0.3) is 0 Å². The molecular formula is C2H3Cl3. The van der Waals surface area contributed by atoms with Crippen LogP contribution in [0.5, 0.6) is 0 Å². The summed E-state index contributed by atoms with van der Waals surface area (Å²) in [6.45, 7) is 3.09. The average Bonchev–Trinajstić information content (AvgIpc) is 0.811. The molecule has 0 bridgehead atoms. The van der Waals surface area contributed by atoms with Gasteiger partial charge in [-0.3, -0.25) is 0 Å². The zero-order valence-electron chi connectivity index (χ0n) is 2.37. The van der Waals surface area contributed by atoms with Crippen molar-refractivity contribution >= 4 is 35.6 Å². The van der Waals surface area contributed by atoms with E-state index in [9.17, 15) is 0 Å². The summed E-state index contributed by atoms with van der Waals surface area (Å²) in [5.41, 5.74) is 0. The first-order valence-corrected chi connectivity index (χ1v) is 1.49. The SMILES string of the molecule is C=C(Cl)Cl.Cl. The predicted molar refractivity (Wildman–Crippen MR) is 28.1 cm³/mol. The standard InChI is InChI=1S/C2H2Cl2.ClH/c1-2(3)4;/h1H2;1H. The maximum absolute atomic E-state index is 4.85. The van der Waals surface area contributed by atoms with E-state index in [0.717, 1.165) is 0 Å². The van der Waals surface area contributed by atoms with Crippen molar-refractivity contribution in [2.24, 2.45) is 0 Å². The highest BCUT2D eigenvalue weighted by Crippen LogP contribution is 1.98. The third-order valence-corrected chi connectivity index (χ3v) is 0. The van der Waals surface area contributed by atoms with Crippen molar-refractivity contribution in [1.29, 1.82) is 0 Å². The molecule has 0 N–H and O–H groups in total. The van der Waals surface area contributed by atoms with Gasteiger partial charge >= 0.3 is 0 Å². The van der Waals surface area contributed by atoms with Crippen LogP contribution in [0.2, 0.25) is 0 Å². The molecule has 0 rings (SSSR count). The molecule has 0 aliphatic carbocycles. The third kappa shape index (κ3) is 84.4. The molecule has 0 atom stereocenters. The van der Waals surface area contributed by atoms with Crippen molar-refractivity contribution in [1.82, 2.24) is 0 Å². The molecule has 0 heterocycles. The van der Waals surface area contributed by atoms with E-state index >= 15 is 0 Å². The summed E-state index contributed by atoms with van der Waals surface area (Å²) in [5, 5.41) is 0. The Kier molecular flexibility index (Phi) is 8.43. The molecule has 0 saturated carbocycles. The minimum atomic E-state index is 0. The molecule has 0 aliphatic heterocycles. The zero-order chi connectivity index (χ0) is 3.58. The number of halogens is 3. The lowest BCUT2D eigenvalue weighted by Crippen LogP contribution is -1.24. The van der Waals surface area contributed by atoms with Crippen LogP contribution in [0.4, 0.5) is 0 Å². The first-order chi connectivity index (χ1) is 1.73. The Balaban J connectivity index is 0. The van der Waals surface area contributed by atoms with E-state index in [1.165, 1.54) is 0 Å². The number of rotatable bonds is 0. The monoisotopic (exact) mass is 132 g/mol. The van der Waals surface area contributed by atoms with Crippen molar-refractivity contribution in [3.05, 3.63) is 11.1 Å². The molecule has 0 nitrogen and oxygen atoms in total. The zero-order valence-corrected chi connectivity index (χ0v) is 4.70. The summed E-state index contributed by atoms with van der Waals surface area (Å²) >= 11 is 9.69. The van der Waals surface area contributed by atoms with Gasteiger partial charge in [0.1, 0.15) is 0 Å². The van der Waals surface area contributed by atoms with Crippen molar-refractivity contribution in [2.75, 3.05) is 0 Å². The van der Waals surface area contributed by atoms with Gasteiger partial charge in [-0.25, -0.2) is 0 Å². The molecule has 0 aliphatic rings. The molecule has 3 heteroatoms. The summed E-state index contributed by atoms with van der Waals surface area (Å²) in [7, 11) is 0. The maximum atomic E-state index is 4.85. The first kappa shape index (κ1) is 9.15. The highest BCUT2D eigenvalue weighted by molar-refractivity contribution is 6.55. The molecule has 0 amide bonds. The second kappa shape index (κ2) is 4.61. The van der Waals surface area contributed by atoms with Gasteiger partial charge in [-0.05, 0) is 0 Å². The summed E-state index contributed by atoms with van der Waals surface area (Å²) in [4.78, 5) is 0. The Morgan fingerprint density at radius 1 is 1.40 bits per heavy atom. The van der Waals surface area contributed by atoms with E-state index in [-0.39, 0.29) is 16.9 Å². The highest BCUT2D eigenvalue weighted by Gasteiger charge is 1.60. The predicted octanol–water partition coefficient (Wildman–Crippen LogP) is 2.36. The molecule has 0 unspecified atom stereocenters. The van der Waals surface area contributed by atoms with Crippen molar-refractivity contribution < 1.29 is 0 Å². The number of hydrogen-bond acceptors (Lipinski definition) is 0. The van der Waals surface area contributed by atoms with Crippen LogP contribution in [0, 0.1) is 0 Å². The fraction of sp³-hybridized carbons (Fsp3) is 0. The Hall–Kier alpha value is 0.610. The minimum Gasteiger partial charge on any atom is -0.147 e. The van der Waals surface area contributed by atoms with Gasteiger partial charge in [0.25, 0.3) is 0 Å². The molecule has 0 fully saturated rings. The van der Waals surface area contributed by atoms with Crippen LogP contribution < -0.4 is 0 Å². The summed E-state index contributed by atoms with van der Waals surface area (Å²) in [5.74, 6) is 0. The van der Waals surface area contributed by atoms with Crippen molar-refractivity contribution in [3.8, 4) is 0 Å². The number of hydrogen-bond donors (Lipinski definition) is 0. The quantitative estimate of drug-likeness (QED) is 0.476. The molecule has 32 valence electrons. The van der Waals surface area contributed by atoms with Crippen molar-refractivity contribution in [3.63, 3.8) is 0 Å². The van der Waals surface area contributed by atoms with Gasteiger partial charge in [-0.1, -0.05) is 29.8 Å². The van der Waals surface area contributed by atoms with Crippen LogP contribution in [-0.4, -0.2) is 0 Å². The van der Waals surface area contributed by atoms with Gasteiger partial charge in [-0.2, -0.15) is 0 Å². The van der Waals surface area contributed by atoms with E-state index < -0.39 is 0 Å². The van der Waals surface area contributed by atoms with Crippen LogP contribution in [0.1, 0.15) is 0 Å². The molecule has 0 aromatic carbocycles. The fourth-order valence-corrected chi connectivity index (χ4v) is 0. The second-order valence-electron chi connectivity index (χ2n) is 0.339. The van der Waals surface area contributed by atoms with Gasteiger partial charge < -0.3 is 0 Å². The van der Waals surface area contributed by atoms with Gasteiger partial charge in [-0.15, -0.1) is 12.4 Å². The lowest BCUT2D eigenvalue weighted by molar-refractivity contribution is 2.45. The highest BCUT2D eigenvalue weighted by atomic mass is 35.5. The van der Waals surface area contributed by atoms with Crippen molar-refractivity contribution in [2.45, 2.75) is 0 Å². The third-order valence-electron chi connectivity index (χ3n) is 0. The summed E-state index contributed by atoms with van der Waals surface area (Å²) in [6.07, 6.45) is 0. The molecule has 0 aromatic heterocycles. The molecular weight excluding hydrogens is 130 g/mol. The van der Waals surface area contributed by atoms with Gasteiger partial charge in [0.2, 0.25) is 0 Å². The van der Waals surface area contributed by atoms with Crippen LogP contribution >= 0.6 is 35.6 Å². The Bertz CT molecular complexity index is 27.9. The Morgan fingerprint density at radius 3 is 1.40 bits per heavy atom. The fourth-order valence-electron chi connectivity index (χ4n) is 0. The van der Waals surface area contributed by atoms with E-state index in [1.54, 1.807) is 0 Å².